The Hall–Kier alpha value is -2.41. The minimum Gasteiger partial charge on any atom is -0.480 e. The highest BCUT2D eigenvalue weighted by atomic mass is 16.5. The van der Waals surface area contributed by atoms with Crippen molar-refractivity contribution in [2.45, 2.75) is 6.54 Å². The van der Waals surface area contributed by atoms with Crippen LogP contribution >= 0.6 is 0 Å². The fraction of sp³-hybridized carbons (Fsp3) is 0.308. The van der Waals surface area contributed by atoms with E-state index in [9.17, 15) is 14.4 Å². The normalized spacial score (nSPS) is 9.85. The van der Waals surface area contributed by atoms with Crippen molar-refractivity contribution in [1.82, 2.24) is 10.2 Å². The fourth-order valence-electron chi connectivity index (χ4n) is 1.41. The van der Waals surface area contributed by atoms with Crippen molar-refractivity contribution in [3.8, 4) is 0 Å². The number of ether oxygens (including phenoxy) is 1. The van der Waals surface area contributed by atoms with Crippen molar-refractivity contribution in [3.63, 3.8) is 0 Å². The number of rotatable bonds is 6. The van der Waals surface area contributed by atoms with E-state index in [0.717, 1.165) is 5.56 Å². The molecule has 2 N–H and O–H groups in total. The molecule has 0 atom stereocenters. The summed E-state index contributed by atoms with van der Waals surface area (Å²) in [7, 11) is 1.55. The first-order valence-corrected chi connectivity index (χ1v) is 5.87. The van der Waals surface area contributed by atoms with Crippen LogP contribution in [-0.4, -0.2) is 48.2 Å². The number of nitrogens with one attached hydrogen (secondary N) is 1. The number of benzene rings is 1. The Kier molecular flexibility index (Phi) is 6.18. The van der Waals surface area contributed by atoms with Crippen molar-refractivity contribution < 1.29 is 24.2 Å². The van der Waals surface area contributed by atoms with Gasteiger partial charge < -0.3 is 14.7 Å². The molecule has 0 heterocycles. The van der Waals surface area contributed by atoms with Crippen LogP contribution in [0.25, 0.3) is 0 Å². The third-order valence-corrected chi connectivity index (χ3v) is 2.31. The fourth-order valence-corrected chi connectivity index (χ4v) is 1.41. The van der Waals surface area contributed by atoms with Crippen LogP contribution in [0, 0.1) is 0 Å². The van der Waals surface area contributed by atoms with Gasteiger partial charge in [0.2, 0.25) is 0 Å². The summed E-state index contributed by atoms with van der Waals surface area (Å²) in [6.45, 7) is -0.700. The molecule has 0 aliphatic rings. The van der Waals surface area contributed by atoms with E-state index in [1.165, 1.54) is 4.90 Å². The second kappa shape index (κ2) is 7.90. The Labute approximate surface area is 116 Å². The van der Waals surface area contributed by atoms with Crippen LogP contribution in [0.4, 0.5) is 4.79 Å². The summed E-state index contributed by atoms with van der Waals surface area (Å²) in [5, 5.41) is 10.4. The van der Waals surface area contributed by atoms with Gasteiger partial charge in [-0.2, -0.15) is 0 Å². The van der Waals surface area contributed by atoms with E-state index in [1.807, 2.05) is 30.3 Å². The van der Waals surface area contributed by atoms with E-state index in [-0.39, 0.29) is 0 Å². The predicted molar refractivity (Wildman–Crippen MR) is 69.9 cm³/mol. The molecule has 0 saturated carbocycles. The molecule has 0 fully saturated rings. The second-order valence-electron chi connectivity index (χ2n) is 4.08. The molecular formula is C13H16N2O5. The predicted octanol–water partition coefficient (Wildman–Crippen LogP) is 0.456. The highest BCUT2D eigenvalue weighted by Crippen LogP contribution is 2.02. The van der Waals surface area contributed by atoms with Crippen molar-refractivity contribution in [2.24, 2.45) is 0 Å². The number of aliphatic carboxylic acids is 1. The van der Waals surface area contributed by atoms with Crippen LogP contribution < -0.4 is 5.32 Å². The highest BCUT2D eigenvalue weighted by molar-refractivity contribution is 5.94. The van der Waals surface area contributed by atoms with Crippen LogP contribution in [0.2, 0.25) is 0 Å². The minimum absolute atomic E-state index is 0.357. The minimum atomic E-state index is -1.18. The molecule has 20 heavy (non-hydrogen) atoms. The van der Waals surface area contributed by atoms with E-state index in [4.69, 9.17) is 5.11 Å². The van der Waals surface area contributed by atoms with Crippen molar-refractivity contribution in [2.75, 3.05) is 20.3 Å². The summed E-state index contributed by atoms with van der Waals surface area (Å²) in [4.78, 5) is 34.5. The van der Waals surface area contributed by atoms with Crippen LogP contribution in [0.1, 0.15) is 5.56 Å². The Bertz CT molecular complexity index is 475. The molecule has 0 radical (unpaired) electrons. The Balaban J connectivity index is 2.34. The van der Waals surface area contributed by atoms with Gasteiger partial charge in [0.25, 0.3) is 5.91 Å². The van der Waals surface area contributed by atoms with Crippen LogP contribution in [0.15, 0.2) is 30.3 Å². The van der Waals surface area contributed by atoms with Gasteiger partial charge in [0.1, 0.15) is 13.2 Å². The van der Waals surface area contributed by atoms with Crippen molar-refractivity contribution >= 4 is 17.9 Å². The number of carboxylic acid groups (broad SMARTS) is 1. The maximum absolute atomic E-state index is 11.7. The zero-order valence-corrected chi connectivity index (χ0v) is 11.0. The zero-order valence-electron chi connectivity index (χ0n) is 11.0. The Morgan fingerprint density at radius 1 is 1.20 bits per heavy atom. The first kappa shape index (κ1) is 15.6. The molecule has 0 bridgehead atoms. The van der Waals surface area contributed by atoms with Crippen molar-refractivity contribution in [1.29, 1.82) is 0 Å². The van der Waals surface area contributed by atoms with Crippen LogP contribution in [0.5, 0.6) is 0 Å². The molecular weight excluding hydrogens is 264 g/mol. The van der Waals surface area contributed by atoms with Gasteiger partial charge in [-0.05, 0) is 5.56 Å². The van der Waals surface area contributed by atoms with Crippen molar-refractivity contribution in [3.05, 3.63) is 35.9 Å². The number of urea groups is 1. The first-order valence-electron chi connectivity index (χ1n) is 5.87. The lowest BCUT2D eigenvalue weighted by molar-refractivity contribution is -0.143. The van der Waals surface area contributed by atoms with E-state index in [1.54, 1.807) is 7.05 Å². The van der Waals surface area contributed by atoms with E-state index >= 15 is 0 Å². The zero-order chi connectivity index (χ0) is 15.0. The average molecular weight is 280 g/mol. The lowest BCUT2D eigenvalue weighted by Gasteiger charge is -2.17. The van der Waals surface area contributed by atoms with Gasteiger partial charge in [0.05, 0.1) is 0 Å². The molecule has 1 aromatic carbocycles. The Morgan fingerprint density at radius 3 is 2.45 bits per heavy atom. The van der Waals surface area contributed by atoms with Gasteiger partial charge in [-0.15, -0.1) is 0 Å². The maximum atomic E-state index is 11.7. The smallest absolute Gasteiger partial charge is 0.329 e. The maximum Gasteiger partial charge on any atom is 0.329 e. The quantitative estimate of drug-likeness (QED) is 0.789. The standard InChI is InChI=1S/C13H16N2O5/c1-15(7-10-5-3-2-4-6-10)13(19)14-11(16)8-20-9-12(17)18/h2-6H,7-9H2,1H3,(H,17,18)(H,14,16,19). The number of hydrogen-bond acceptors (Lipinski definition) is 4. The third-order valence-electron chi connectivity index (χ3n) is 2.31. The largest absolute Gasteiger partial charge is 0.480 e. The summed E-state index contributed by atoms with van der Waals surface area (Å²) in [5.41, 5.74) is 0.930. The summed E-state index contributed by atoms with van der Waals surface area (Å²) >= 11 is 0. The molecule has 7 heteroatoms. The molecule has 0 saturated heterocycles. The number of carbonyl (C=O) groups is 3. The molecule has 0 aliphatic carbocycles. The van der Waals surface area contributed by atoms with Gasteiger partial charge >= 0.3 is 12.0 Å². The summed E-state index contributed by atoms with van der Waals surface area (Å²) < 4.78 is 4.57. The average Bonchev–Trinajstić information content (AvgIpc) is 2.39. The number of carboxylic acids is 1. The van der Waals surface area contributed by atoms with Crippen LogP contribution in [-0.2, 0) is 20.9 Å². The number of imide groups is 1. The lowest BCUT2D eigenvalue weighted by atomic mass is 10.2. The second-order valence-corrected chi connectivity index (χ2v) is 4.08. The van der Waals surface area contributed by atoms with E-state index < -0.39 is 31.1 Å². The first-order chi connectivity index (χ1) is 9.49. The number of hydrogen-bond donors (Lipinski definition) is 2. The SMILES string of the molecule is CN(Cc1ccccc1)C(=O)NC(=O)COCC(=O)O. The number of nitrogens with zero attached hydrogens (tertiary/aromatic N) is 1. The van der Waals surface area contributed by atoms with Crippen LogP contribution in [0.3, 0.4) is 0 Å². The monoisotopic (exact) mass is 280 g/mol. The molecule has 0 unspecified atom stereocenters. The van der Waals surface area contributed by atoms with Gasteiger partial charge in [-0.25, -0.2) is 9.59 Å². The molecule has 108 valence electrons. The summed E-state index contributed by atoms with van der Waals surface area (Å²) in [6, 6.07) is 8.73. The van der Waals surface area contributed by atoms with E-state index in [2.05, 4.69) is 10.1 Å². The molecule has 0 aliphatic heterocycles. The summed E-state index contributed by atoms with van der Waals surface area (Å²) in [6.07, 6.45) is 0. The van der Waals surface area contributed by atoms with Gasteiger partial charge in [-0.3, -0.25) is 10.1 Å². The van der Waals surface area contributed by atoms with Gasteiger partial charge in [0.15, 0.2) is 0 Å². The summed E-state index contributed by atoms with van der Waals surface area (Å²) in [5.74, 6) is -1.86. The van der Waals surface area contributed by atoms with Gasteiger partial charge in [0, 0.05) is 13.6 Å². The van der Waals surface area contributed by atoms with E-state index in [0.29, 0.717) is 6.54 Å². The molecule has 1 aromatic rings. The lowest BCUT2D eigenvalue weighted by Crippen LogP contribution is -2.42. The Morgan fingerprint density at radius 2 is 1.85 bits per heavy atom. The molecule has 7 nitrogen and oxygen atoms in total. The highest BCUT2D eigenvalue weighted by Gasteiger charge is 2.13. The number of carbonyl (C=O) groups excluding carboxylic acids is 2. The molecule has 1 rings (SSSR count). The third kappa shape index (κ3) is 5.96. The number of amides is 3. The molecule has 0 aromatic heterocycles. The molecule has 0 spiro atoms. The van der Waals surface area contributed by atoms with Gasteiger partial charge in [-0.1, -0.05) is 30.3 Å². The molecule has 3 amide bonds. The topological polar surface area (TPSA) is 95.9 Å².